The third-order valence-electron chi connectivity index (χ3n) is 2.69. The quantitative estimate of drug-likeness (QED) is 0.413. The third kappa shape index (κ3) is 5.05. The lowest BCUT2D eigenvalue weighted by Crippen LogP contribution is -2.10. The predicted octanol–water partition coefficient (Wildman–Crippen LogP) is 2.96. The second-order valence-electron chi connectivity index (χ2n) is 4.79. The Kier molecular flexibility index (Phi) is 6.79. The maximum absolute atomic E-state index is 11.2. The van der Waals surface area contributed by atoms with Crippen molar-refractivity contribution in [1.29, 1.82) is 0 Å². The smallest absolute Gasteiger partial charge is 0.333 e. The van der Waals surface area contributed by atoms with Crippen molar-refractivity contribution in [2.75, 3.05) is 18.5 Å². The van der Waals surface area contributed by atoms with E-state index in [2.05, 4.69) is 5.32 Å². The van der Waals surface area contributed by atoms with Crippen molar-refractivity contribution in [3.63, 3.8) is 0 Å². The molecule has 1 rings (SSSR count). The Morgan fingerprint density at radius 3 is 2.70 bits per heavy atom. The molecule has 1 aromatic carbocycles. The van der Waals surface area contributed by atoms with Crippen LogP contribution in [0.5, 0.6) is 5.75 Å². The van der Waals surface area contributed by atoms with Crippen LogP contribution >= 0.6 is 0 Å². The van der Waals surface area contributed by atoms with Gasteiger partial charge in [-0.1, -0.05) is 6.07 Å². The highest BCUT2D eigenvalue weighted by atomic mass is 16.6. The zero-order chi connectivity index (χ0) is 15.0. The monoisotopic (exact) mass is 282 g/mol. The molecule has 6 heteroatoms. The molecule has 0 amide bonds. The molecule has 0 unspecified atom stereocenters. The minimum Gasteiger partial charge on any atom is -0.484 e. The van der Waals surface area contributed by atoms with Crippen molar-refractivity contribution in [3.05, 3.63) is 28.3 Å². The van der Waals surface area contributed by atoms with Gasteiger partial charge in [0.2, 0.25) is 0 Å². The number of benzene rings is 1. The number of hydrogen-bond donors (Lipinski definition) is 2. The van der Waals surface area contributed by atoms with Crippen molar-refractivity contribution < 1.29 is 14.8 Å². The van der Waals surface area contributed by atoms with Crippen LogP contribution in [0.25, 0.3) is 0 Å². The SMILES string of the molecule is CC(C)Oc1cccc(NCCCCCO)c1[N+](=O)[O-]. The summed E-state index contributed by atoms with van der Waals surface area (Å²) < 4.78 is 5.48. The number of aliphatic hydroxyl groups is 1. The molecule has 0 spiro atoms. The number of nitrogens with one attached hydrogen (secondary N) is 1. The summed E-state index contributed by atoms with van der Waals surface area (Å²) in [6.45, 7) is 4.47. The van der Waals surface area contributed by atoms with E-state index in [4.69, 9.17) is 9.84 Å². The zero-order valence-corrected chi connectivity index (χ0v) is 12.0. The molecular formula is C14H22N2O4. The minimum absolute atomic E-state index is 0.0247. The number of nitrogens with zero attached hydrogens (tertiary/aromatic N) is 1. The van der Waals surface area contributed by atoms with Crippen LogP contribution in [-0.4, -0.2) is 29.3 Å². The molecule has 0 aliphatic carbocycles. The Morgan fingerprint density at radius 2 is 2.10 bits per heavy atom. The molecule has 20 heavy (non-hydrogen) atoms. The molecule has 0 bridgehead atoms. The fraction of sp³-hybridized carbons (Fsp3) is 0.571. The van der Waals surface area contributed by atoms with Gasteiger partial charge in [-0.25, -0.2) is 0 Å². The van der Waals surface area contributed by atoms with Crippen LogP contribution in [0, 0.1) is 10.1 Å². The van der Waals surface area contributed by atoms with Gasteiger partial charge in [0.05, 0.1) is 11.0 Å². The van der Waals surface area contributed by atoms with E-state index >= 15 is 0 Å². The standard InChI is InChI=1S/C14H22N2O4/c1-11(2)20-13-8-6-7-12(14(13)16(18)19)15-9-4-3-5-10-17/h6-8,11,15,17H,3-5,9-10H2,1-2H3. The average Bonchev–Trinajstić information content (AvgIpc) is 2.37. The van der Waals surface area contributed by atoms with E-state index in [-0.39, 0.29) is 24.1 Å². The van der Waals surface area contributed by atoms with Crippen molar-refractivity contribution >= 4 is 11.4 Å². The Balaban J connectivity index is 2.76. The maximum Gasteiger partial charge on any atom is 0.333 e. The van der Waals surface area contributed by atoms with E-state index in [1.807, 2.05) is 13.8 Å². The van der Waals surface area contributed by atoms with Gasteiger partial charge in [-0.3, -0.25) is 10.1 Å². The van der Waals surface area contributed by atoms with Gasteiger partial charge in [-0.15, -0.1) is 0 Å². The molecule has 0 aliphatic rings. The van der Waals surface area contributed by atoms with Gasteiger partial charge in [0, 0.05) is 13.2 Å². The van der Waals surface area contributed by atoms with E-state index in [1.54, 1.807) is 18.2 Å². The number of unbranched alkanes of at least 4 members (excludes halogenated alkanes) is 2. The highest BCUT2D eigenvalue weighted by molar-refractivity contribution is 5.68. The average molecular weight is 282 g/mol. The van der Waals surface area contributed by atoms with Gasteiger partial charge < -0.3 is 15.2 Å². The molecular weight excluding hydrogens is 260 g/mol. The summed E-state index contributed by atoms with van der Waals surface area (Å²) in [6, 6.07) is 5.02. The van der Waals surface area contributed by atoms with Gasteiger partial charge in [0.15, 0.2) is 5.75 Å². The first-order valence-corrected chi connectivity index (χ1v) is 6.85. The molecule has 1 aromatic rings. The molecule has 0 fully saturated rings. The number of para-hydroxylation sites is 1. The molecule has 0 saturated heterocycles. The van der Waals surface area contributed by atoms with Gasteiger partial charge in [-0.2, -0.15) is 0 Å². The molecule has 0 atom stereocenters. The van der Waals surface area contributed by atoms with Crippen LogP contribution < -0.4 is 10.1 Å². The van der Waals surface area contributed by atoms with Gasteiger partial charge >= 0.3 is 5.69 Å². The van der Waals surface area contributed by atoms with Crippen LogP contribution in [0.1, 0.15) is 33.1 Å². The Morgan fingerprint density at radius 1 is 1.35 bits per heavy atom. The summed E-state index contributed by atoms with van der Waals surface area (Å²) in [4.78, 5) is 10.8. The molecule has 0 saturated carbocycles. The number of rotatable bonds is 9. The molecule has 0 aliphatic heterocycles. The highest BCUT2D eigenvalue weighted by Gasteiger charge is 2.21. The second kappa shape index (κ2) is 8.37. The van der Waals surface area contributed by atoms with Gasteiger partial charge in [-0.05, 0) is 45.2 Å². The molecule has 6 nitrogen and oxygen atoms in total. The van der Waals surface area contributed by atoms with E-state index < -0.39 is 4.92 Å². The first-order valence-electron chi connectivity index (χ1n) is 6.85. The summed E-state index contributed by atoms with van der Waals surface area (Å²) in [5.74, 6) is 0.283. The van der Waals surface area contributed by atoms with Crippen LogP contribution in [0.3, 0.4) is 0 Å². The molecule has 112 valence electrons. The fourth-order valence-electron chi connectivity index (χ4n) is 1.84. The van der Waals surface area contributed by atoms with Gasteiger partial charge in [0.1, 0.15) is 5.69 Å². The van der Waals surface area contributed by atoms with E-state index in [9.17, 15) is 10.1 Å². The first-order chi connectivity index (χ1) is 9.56. The van der Waals surface area contributed by atoms with Crippen molar-refractivity contribution in [1.82, 2.24) is 0 Å². The third-order valence-corrected chi connectivity index (χ3v) is 2.69. The maximum atomic E-state index is 11.2. The Labute approximate surface area is 118 Å². The molecule has 0 aromatic heterocycles. The number of nitro groups is 1. The van der Waals surface area contributed by atoms with Crippen LogP contribution in [0.4, 0.5) is 11.4 Å². The first kappa shape index (κ1) is 16.2. The summed E-state index contributed by atoms with van der Waals surface area (Å²) in [7, 11) is 0. The van der Waals surface area contributed by atoms with E-state index in [0.29, 0.717) is 12.2 Å². The summed E-state index contributed by atoms with van der Waals surface area (Å²) in [5.41, 5.74) is 0.445. The van der Waals surface area contributed by atoms with Crippen molar-refractivity contribution in [2.24, 2.45) is 0 Å². The lowest BCUT2D eigenvalue weighted by atomic mass is 10.2. The fourth-order valence-corrected chi connectivity index (χ4v) is 1.84. The molecule has 0 heterocycles. The largest absolute Gasteiger partial charge is 0.484 e. The molecule has 2 N–H and O–H groups in total. The van der Waals surface area contributed by atoms with E-state index in [1.165, 1.54) is 0 Å². The number of nitro benzene ring substituents is 1. The minimum atomic E-state index is -0.423. The summed E-state index contributed by atoms with van der Waals surface area (Å²) in [6.07, 6.45) is 2.38. The lowest BCUT2D eigenvalue weighted by Gasteiger charge is -2.13. The topological polar surface area (TPSA) is 84.6 Å². The van der Waals surface area contributed by atoms with Crippen molar-refractivity contribution in [3.8, 4) is 5.75 Å². The zero-order valence-electron chi connectivity index (χ0n) is 12.0. The molecule has 0 radical (unpaired) electrons. The number of aliphatic hydroxyl groups excluding tert-OH is 1. The van der Waals surface area contributed by atoms with Crippen LogP contribution in [0.15, 0.2) is 18.2 Å². The second-order valence-corrected chi connectivity index (χ2v) is 4.79. The predicted molar refractivity (Wildman–Crippen MR) is 78.3 cm³/mol. The Hall–Kier alpha value is -1.82. The number of ether oxygens (including phenoxy) is 1. The van der Waals surface area contributed by atoms with Gasteiger partial charge in [0.25, 0.3) is 0 Å². The van der Waals surface area contributed by atoms with Crippen molar-refractivity contribution in [2.45, 2.75) is 39.2 Å². The summed E-state index contributed by atoms with van der Waals surface area (Å²) in [5, 5.41) is 23.0. The highest BCUT2D eigenvalue weighted by Crippen LogP contribution is 2.35. The number of hydrogen-bond acceptors (Lipinski definition) is 5. The summed E-state index contributed by atoms with van der Waals surface area (Å²) >= 11 is 0. The lowest BCUT2D eigenvalue weighted by molar-refractivity contribution is -0.385. The normalized spacial score (nSPS) is 10.6. The Bertz CT molecular complexity index is 435. The van der Waals surface area contributed by atoms with Crippen LogP contribution in [-0.2, 0) is 0 Å². The van der Waals surface area contributed by atoms with Crippen LogP contribution in [0.2, 0.25) is 0 Å². The van der Waals surface area contributed by atoms with E-state index in [0.717, 1.165) is 19.3 Å². The number of anilines is 1.